The van der Waals surface area contributed by atoms with Crippen molar-refractivity contribution < 1.29 is 9.59 Å². The lowest BCUT2D eigenvalue weighted by atomic mass is 9.96. The lowest BCUT2D eigenvalue weighted by Gasteiger charge is -2.33. The van der Waals surface area contributed by atoms with Gasteiger partial charge in [0.25, 0.3) is 0 Å². The van der Waals surface area contributed by atoms with E-state index in [0.717, 1.165) is 0 Å². The van der Waals surface area contributed by atoms with Crippen LogP contribution in [-0.2, 0) is 4.79 Å². The third-order valence-electron chi connectivity index (χ3n) is 3.88. The van der Waals surface area contributed by atoms with Crippen LogP contribution in [0, 0.1) is 17.2 Å². The summed E-state index contributed by atoms with van der Waals surface area (Å²) < 4.78 is 0. The standard InChI is InChI=1S/C16H19ClN4O2/c1-20(2)16(23)21-7-5-11(6-8-21)15(22)19-13-4-3-12(10-18)14(17)9-13/h3-4,9,11H,5-8H2,1-2H3,(H,19,22). The Morgan fingerprint density at radius 1 is 1.35 bits per heavy atom. The number of hydrogen-bond acceptors (Lipinski definition) is 3. The van der Waals surface area contributed by atoms with E-state index in [4.69, 9.17) is 16.9 Å². The van der Waals surface area contributed by atoms with Gasteiger partial charge in [-0.15, -0.1) is 0 Å². The van der Waals surface area contributed by atoms with Crippen LogP contribution in [0.25, 0.3) is 0 Å². The van der Waals surface area contributed by atoms with Gasteiger partial charge in [0.1, 0.15) is 6.07 Å². The van der Waals surface area contributed by atoms with E-state index >= 15 is 0 Å². The van der Waals surface area contributed by atoms with Crippen LogP contribution < -0.4 is 5.32 Å². The van der Waals surface area contributed by atoms with Gasteiger partial charge < -0.3 is 15.1 Å². The minimum Gasteiger partial charge on any atom is -0.331 e. The lowest BCUT2D eigenvalue weighted by Crippen LogP contribution is -2.45. The zero-order valence-electron chi connectivity index (χ0n) is 13.2. The van der Waals surface area contributed by atoms with E-state index in [9.17, 15) is 9.59 Å². The van der Waals surface area contributed by atoms with Crippen molar-refractivity contribution in [3.63, 3.8) is 0 Å². The average molecular weight is 335 g/mol. The molecular weight excluding hydrogens is 316 g/mol. The molecule has 2 rings (SSSR count). The summed E-state index contributed by atoms with van der Waals surface area (Å²) in [7, 11) is 3.44. The summed E-state index contributed by atoms with van der Waals surface area (Å²) >= 11 is 5.96. The van der Waals surface area contributed by atoms with E-state index < -0.39 is 0 Å². The molecule has 1 aromatic carbocycles. The number of likely N-dealkylation sites (tertiary alicyclic amines) is 1. The van der Waals surface area contributed by atoms with Gasteiger partial charge in [-0.05, 0) is 31.0 Å². The van der Waals surface area contributed by atoms with Crippen molar-refractivity contribution in [3.05, 3.63) is 28.8 Å². The molecule has 1 saturated heterocycles. The quantitative estimate of drug-likeness (QED) is 0.903. The molecule has 1 aliphatic heterocycles. The number of anilines is 1. The first kappa shape index (κ1) is 17.1. The largest absolute Gasteiger partial charge is 0.331 e. The zero-order chi connectivity index (χ0) is 17.0. The Hall–Kier alpha value is -2.26. The molecule has 1 fully saturated rings. The van der Waals surface area contributed by atoms with Gasteiger partial charge >= 0.3 is 6.03 Å². The summed E-state index contributed by atoms with van der Waals surface area (Å²) in [6.07, 6.45) is 1.27. The summed E-state index contributed by atoms with van der Waals surface area (Å²) in [4.78, 5) is 27.5. The van der Waals surface area contributed by atoms with Crippen LogP contribution in [0.15, 0.2) is 18.2 Å². The number of carbonyl (C=O) groups excluding carboxylic acids is 2. The number of rotatable bonds is 2. The maximum absolute atomic E-state index is 12.3. The van der Waals surface area contributed by atoms with Gasteiger partial charge in [-0.3, -0.25) is 4.79 Å². The average Bonchev–Trinajstić information content (AvgIpc) is 2.54. The van der Waals surface area contributed by atoms with Gasteiger partial charge in [0, 0.05) is 38.8 Å². The Morgan fingerprint density at radius 3 is 2.52 bits per heavy atom. The van der Waals surface area contributed by atoms with E-state index in [-0.39, 0.29) is 17.9 Å². The number of nitrogens with one attached hydrogen (secondary N) is 1. The fourth-order valence-corrected chi connectivity index (χ4v) is 2.77. The van der Waals surface area contributed by atoms with Crippen molar-refractivity contribution in [1.82, 2.24) is 9.80 Å². The highest BCUT2D eigenvalue weighted by Gasteiger charge is 2.28. The molecule has 7 heteroatoms. The zero-order valence-corrected chi connectivity index (χ0v) is 13.9. The molecule has 0 unspecified atom stereocenters. The van der Waals surface area contributed by atoms with Crippen molar-refractivity contribution in [1.29, 1.82) is 5.26 Å². The third kappa shape index (κ3) is 4.14. The fourth-order valence-electron chi connectivity index (χ4n) is 2.54. The Labute approximate surface area is 140 Å². The van der Waals surface area contributed by atoms with Crippen molar-refractivity contribution in [2.75, 3.05) is 32.5 Å². The molecule has 0 spiro atoms. The Bertz CT molecular complexity index is 646. The minimum atomic E-state index is -0.129. The minimum absolute atomic E-state index is 0.0252. The summed E-state index contributed by atoms with van der Waals surface area (Å²) in [5, 5.41) is 12.0. The molecule has 1 aliphatic rings. The molecule has 0 aliphatic carbocycles. The van der Waals surface area contributed by atoms with Gasteiger partial charge in [0.15, 0.2) is 0 Å². The molecule has 0 aromatic heterocycles. The van der Waals surface area contributed by atoms with E-state index in [1.54, 1.807) is 42.1 Å². The van der Waals surface area contributed by atoms with Crippen LogP contribution in [0.3, 0.4) is 0 Å². The summed E-state index contributed by atoms with van der Waals surface area (Å²) in [6, 6.07) is 6.76. The second-order valence-corrected chi connectivity index (χ2v) is 6.14. The second-order valence-electron chi connectivity index (χ2n) is 5.73. The number of halogens is 1. The molecule has 1 N–H and O–H groups in total. The number of nitriles is 1. The smallest absolute Gasteiger partial charge is 0.319 e. The summed E-state index contributed by atoms with van der Waals surface area (Å²) in [6.45, 7) is 1.15. The number of amides is 3. The molecular formula is C16H19ClN4O2. The monoisotopic (exact) mass is 334 g/mol. The number of nitrogens with zero attached hydrogens (tertiary/aromatic N) is 3. The summed E-state index contributed by atoms with van der Waals surface area (Å²) in [5.41, 5.74) is 0.950. The van der Waals surface area contributed by atoms with Crippen molar-refractivity contribution in [2.24, 2.45) is 5.92 Å². The molecule has 122 valence electrons. The first-order valence-corrected chi connectivity index (χ1v) is 7.77. The van der Waals surface area contributed by atoms with Crippen LogP contribution in [0.1, 0.15) is 18.4 Å². The van der Waals surface area contributed by atoms with E-state index in [1.165, 1.54) is 0 Å². The highest BCUT2D eigenvalue weighted by Crippen LogP contribution is 2.23. The molecule has 0 atom stereocenters. The maximum atomic E-state index is 12.3. The van der Waals surface area contributed by atoms with E-state index in [0.29, 0.717) is 42.2 Å². The number of piperidine rings is 1. The predicted octanol–water partition coefficient (Wildman–Crippen LogP) is 2.54. The number of hydrogen-bond donors (Lipinski definition) is 1. The highest BCUT2D eigenvalue weighted by atomic mass is 35.5. The number of benzene rings is 1. The van der Waals surface area contributed by atoms with E-state index in [2.05, 4.69) is 5.32 Å². The van der Waals surface area contributed by atoms with Crippen LogP contribution in [0.5, 0.6) is 0 Å². The van der Waals surface area contributed by atoms with Crippen LogP contribution in [0.4, 0.5) is 10.5 Å². The Balaban J connectivity index is 1.92. The van der Waals surface area contributed by atoms with Crippen LogP contribution in [-0.4, -0.2) is 48.9 Å². The molecule has 6 nitrogen and oxygen atoms in total. The van der Waals surface area contributed by atoms with Gasteiger partial charge in [-0.25, -0.2) is 4.79 Å². The maximum Gasteiger partial charge on any atom is 0.319 e. The van der Waals surface area contributed by atoms with E-state index in [1.807, 2.05) is 6.07 Å². The Morgan fingerprint density at radius 2 is 2.00 bits per heavy atom. The topological polar surface area (TPSA) is 76.4 Å². The van der Waals surface area contributed by atoms with Crippen molar-refractivity contribution >= 4 is 29.2 Å². The van der Waals surface area contributed by atoms with Crippen LogP contribution in [0.2, 0.25) is 5.02 Å². The van der Waals surface area contributed by atoms with Crippen molar-refractivity contribution in [2.45, 2.75) is 12.8 Å². The first-order valence-electron chi connectivity index (χ1n) is 7.39. The molecule has 23 heavy (non-hydrogen) atoms. The first-order chi connectivity index (χ1) is 10.9. The molecule has 0 bridgehead atoms. The van der Waals surface area contributed by atoms with Gasteiger partial charge in [-0.1, -0.05) is 11.6 Å². The molecule has 3 amide bonds. The molecule has 0 saturated carbocycles. The molecule has 1 heterocycles. The van der Waals surface area contributed by atoms with Gasteiger partial charge in [0.05, 0.1) is 10.6 Å². The Kier molecular flexibility index (Phi) is 5.45. The lowest BCUT2D eigenvalue weighted by molar-refractivity contribution is -0.121. The third-order valence-corrected chi connectivity index (χ3v) is 4.19. The predicted molar refractivity (Wildman–Crippen MR) is 88.2 cm³/mol. The molecule has 1 aromatic rings. The number of urea groups is 1. The van der Waals surface area contributed by atoms with Gasteiger partial charge in [0.2, 0.25) is 5.91 Å². The fraction of sp³-hybridized carbons (Fsp3) is 0.438. The number of carbonyl (C=O) groups is 2. The summed E-state index contributed by atoms with van der Waals surface area (Å²) in [5.74, 6) is -0.210. The van der Waals surface area contributed by atoms with Crippen LogP contribution >= 0.6 is 11.6 Å². The highest BCUT2D eigenvalue weighted by molar-refractivity contribution is 6.32. The SMILES string of the molecule is CN(C)C(=O)N1CCC(C(=O)Nc2ccc(C#N)c(Cl)c2)CC1. The normalized spacial score (nSPS) is 15.0. The van der Waals surface area contributed by atoms with Crippen molar-refractivity contribution in [3.8, 4) is 6.07 Å². The second kappa shape index (κ2) is 7.34. The van der Waals surface area contributed by atoms with Gasteiger partial charge in [-0.2, -0.15) is 5.26 Å². The molecule has 0 radical (unpaired) electrons.